The van der Waals surface area contributed by atoms with Crippen LogP contribution in [-0.4, -0.2) is 8.42 Å². The summed E-state index contributed by atoms with van der Waals surface area (Å²) in [6, 6.07) is 8.21. The Morgan fingerprint density at radius 2 is 1.75 bits per heavy atom. The Morgan fingerprint density at radius 1 is 1.25 bits per heavy atom. The molecule has 0 unspecified atom stereocenters. The fourth-order valence-electron chi connectivity index (χ4n) is 0.773. The van der Waals surface area contributed by atoms with Crippen LogP contribution in [0.4, 0.5) is 3.89 Å². The van der Waals surface area contributed by atoms with E-state index in [9.17, 15) is 12.3 Å². The summed E-state index contributed by atoms with van der Waals surface area (Å²) in [5.74, 6) is -0.534. The van der Waals surface area contributed by atoms with Gasteiger partial charge in [0, 0.05) is 0 Å². The average Bonchev–Trinajstić information content (AvgIpc) is 1.85. The minimum atomic E-state index is -4.38. The number of rotatable bonds is 2. The minimum Gasteiger partial charge on any atom is -1.00 e. The quantitative estimate of drug-likeness (QED) is 0.433. The fraction of sp³-hybridized carbons (Fsp3) is 0.143. The first kappa shape index (κ1) is 12.1. The first-order valence-corrected chi connectivity index (χ1v) is 4.59. The van der Waals surface area contributed by atoms with Gasteiger partial charge in [0.15, 0.2) is 0 Å². The molecule has 0 radical (unpaired) electrons. The molecule has 0 aromatic heterocycles. The second kappa shape index (κ2) is 4.97. The molecule has 12 heavy (non-hydrogen) atoms. The van der Waals surface area contributed by atoms with Crippen molar-refractivity contribution < 1.29 is 43.3 Å². The van der Waals surface area contributed by atoms with E-state index in [2.05, 4.69) is 0 Å². The molecule has 0 N–H and O–H groups in total. The van der Waals surface area contributed by atoms with E-state index in [1.165, 1.54) is 0 Å². The zero-order chi connectivity index (χ0) is 8.32. The smallest absolute Gasteiger partial charge is 1.00 e. The van der Waals surface area contributed by atoms with E-state index in [1.807, 2.05) is 0 Å². The molecule has 1 aromatic carbocycles. The summed E-state index contributed by atoms with van der Waals surface area (Å²) < 4.78 is 32.3. The molecule has 0 amide bonds. The molecular weight excluding hydrogens is 190 g/mol. The van der Waals surface area contributed by atoms with Crippen LogP contribution in [0.2, 0.25) is 0 Å². The summed E-state index contributed by atoms with van der Waals surface area (Å²) in [6.07, 6.45) is 0. The van der Waals surface area contributed by atoms with Gasteiger partial charge in [-0.2, -0.15) is 8.42 Å². The fourth-order valence-corrected chi connectivity index (χ4v) is 1.36. The summed E-state index contributed by atoms with van der Waals surface area (Å²) in [4.78, 5) is 0. The maximum Gasteiger partial charge on any atom is 1.00 e. The third kappa shape index (κ3) is 4.87. The van der Waals surface area contributed by atoms with Gasteiger partial charge in [0.2, 0.25) is 0 Å². The predicted octanol–water partition coefficient (Wildman–Crippen LogP) is -1.40. The van der Waals surface area contributed by atoms with Gasteiger partial charge in [-0.1, -0.05) is 30.3 Å². The topological polar surface area (TPSA) is 34.1 Å². The van der Waals surface area contributed by atoms with Gasteiger partial charge in [0.25, 0.3) is 0 Å². The third-order valence-electron chi connectivity index (χ3n) is 1.18. The molecule has 1 rings (SSSR count). The number of halogens is 1. The average molecular weight is 198 g/mol. The van der Waals surface area contributed by atoms with Crippen molar-refractivity contribution in [3.05, 3.63) is 35.9 Å². The molecule has 0 saturated carbocycles. The molecule has 0 aliphatic rings. The van der Waals surface area contributed by atoms with Crippen molar-refractivity contribution >= 4 is 10.2 Å². The van der Waals surface area contributed by atoms with Gasteiger partial charge in [0.1, 0.15) is 5.75 Å². The van der Waals surface area contributed by atoms with Crippen LogP contribution in [-0.2, 0) is 16.0 Å². The Bertz CT molecular complexity index is 328. The third-order valence-corrected chi connectivity index (χ3v) is 1.86. The second-order valence-electron chi connectivity index (χ2n) is 2.17. The molecule has 62 valence electrons. The maximum absolute atomic E-state index is 12.0. The second-order valence-corrected chi connectivity index (χ2v) is 3.54. The molecule has 0 saturated heterocycles. The molecule has 0 aliphatic carbocycles. The van der Waals surface area contributed by atoms with Crippen LogP contribution in [0.25, 0.3) is 0 Å². The standard InChI is InChI=1S/C7H7FO2S.Na.H/c8-11(9,10)6-7-4-2-1-3-5-7;;/h1-5H,6H2;;/q;+1;-1. The summed E-state index contributed by atoms with van der Waals surface area (Å²) in [5, 5.41) is 0. The van der Waals surface area contributed by atoms with Crippen LogP contribution in [0.15, 0.2) is 30.3 Å². The van der Waals surface area contributed by atoms with Gasteiger partial charge in [-0.05, 0) is 5.56 Å². The van der Waals surface area contributed by atoms with Crippen molar-refractivity contribution in [2.24, 2.45) is 0 Å². The summed E-state index contributed by atoms with van der Waals surface area (Å²) in [6.45, 7) is 0. The van der Waals surface area contributed by atoms with Gasteiger partial charge in [-0.25, -0.2) is 0 Å². The Labute approximate surface area is 94.8 Å². The van der Waals surface area contributed by atoms with Crippen LogP contribution in [0.1, 0.15) is 6.99 Å². The van der Waals surface area contributed by atoms with Crippen molar-refractivity contribution in [2.45, 2.75) is 5.75 Å². The first-order valence-electron chi connectivity index (χ1n) is 3.04. The molecule has 0 heterocycles. The van der Waals surface area contributed by atoms with E-state index in [1.54, 1.807) is 30.3 Å². The molecule has 0 spiro atoms. The zero-order valence-corrected chi connectivity index (χ0v) is 9.51. The van der Waals surface area contributed by atoms with E-state index in [-0.39, 0.29) is 31.0 Å². The van der Waals surface area contributed by atoms with Crippen LogP contribution in [0.3, 0.4) is 0 Å². The Hall–Kier alpha value is 0.100. The summed E-state index contributed by atoms with van der Waals surface area (Å²) in [7, 11) is -4.38. The molecule has 0 bridgehead atoms. The number of hydrogen-bond acceptors (Lipinski definition) is 2. The molecule has 1 aromatic rings. The van der Waals surface area contributed by atoms with Crippen LogP contribution < -0.4 is 29.6 Å². The van der Waals surface area contributed by atoms with E-state index < -0.39 is 16.0 Å². The zero-order valence-electron chi connectivity index (χ0n) is 7.70. The normalized spacial score (nSPS) is 10.4. The van der Waals surface area contributed by atoms with Crippen molar-refractivity contribution in [3.63, 3.8) is 0 Å². The van der Waals surface area contributed by atoms with E-state index in [4.69, 9.17) is 0 Å². The Balaban J connectivity index is 0. The van der Waals surface area contributed by atoms with Gasteiger partial charge < -0.3 is 1.43 Å². The number of hydrogen-bond donors (Lipinski definition) is 0. The molecule has 0 fully saturated rings. The van der Waals surface area contributed by atoms with Crippen molar-refractivity contribution in [1.29, 1.82) is 0 Å². The molecule has 2 nitrogen and oxygen atoms in total. The van der Waals surface area contributed by atoms with Crippen LogP contribution in [0, 0.1) is 0 Å². The summed E-state index contributed by atoms with van der Waals surface area (Å²) >= 11 is 0. The van der Waals surface area contributed by atoms with Crippen molar-refractivity contribution in [1.82, 2.24) is 0 Å². The van der Waals surface area contributed by atoms with E-state index in [0.717, 1.165) is 0 Å². The van der Waals surface area contributed by atoms with Gasteiger partial charge in [-0.15, -0.1) is 3.89 Å². The van der Waals surface area contributed by atoms with Crippen molar-refractivity contribution in [2.75, 3.05) is 0 Å². The SMILES string of the molecule is O=S(=O)(F)Cc1ccccc1.[H-].[Na+]. The van der Waals surface area contributed by atoms with Crippen LogP contribution >= 0.6 is 0 Å². The molecular formula is C7H8FNaO2S. The predicted molar refractivity (Wildman–Crippen MR) is 41.3 cm³/mol. The molecule has 0 aliphatic heterocycles. The first-order chi connectivity index (χ1) is 5.08. The Kier molecular flexibility index (Phi) is 5.01. The maximum atomic E-state index is 12.0. The number of benzene rings is 1. The molecule has 5 heteroatoms. The monoisotopic (exact) mass is 198 g/mol. The minimum absolute atomic E-state index is 0. The van der Waals surface area contributed by atoms with Gasteiger partial charge >= 0.3 is 39.8 Å². The van der Waals surface area contributed by atoms with Gasteiger partial charge in [-0.3, -0.25) is 0 Å². The van der Waals surface area contributed by atoms with E-state index in [0.29, 0.717) is 5.56 Å². The molecule has 0 atom stereocenters. The van der Waals surface area contributed by atoms with E-state index >= 15 is 0 Å². The van der Waals surface area contributed by atoms with Gasteiger partial charge in [0.05, 0.1) is 0 Å². The Morgan fingerprint density at radius 3 is 2.17 bits per heavy atom. The van der Waals surface area contributed by atoms with Crippen LogP contribution in [0.5, 0.6) is 0 Å². The summed E-state index contributed by atoms with van der Waals surface area (Å²) in [5.41, 5.74) is 0.468. The largest absolute Gasteiger partial charge is 1.00 e. The van der Waals surface area contributed by atoms with Crippen molar-refractivity contribution in [3.8, 4) is 0 Å².